The first-order valence-electron chi connectivity index (χ1n) is 9.24. The molecule has 1 aromatic rings. The van der Waals surface area contributed by atoms with Gasteiger partial charge in [-0.05, 0) is 30.5 Å². The average molecular weight is 353 g/mol. The maximum atomic E-state index is 13.5. The zero-order valence-electron chi connectivity index (χ0n) is 15.7. The van der Waals surface area contributed by atoms with Crippen LogP contribution in [0.15, 0.2) is 18.2 Å². The number of nitrogens with one attached hydrogen (secondary N) is 3. The number of halogens is 1. The summed E-state index contributed by atoms with van der Waals surface area (Å²) in [6.45, 7) is 10.3. The van der Waals surface area contributed by atoms with Crippen molar-refractivity contribution in [2.75, 3.05) is 46.4 Å². The first-order chi connectivity index (χ1) is 12.0. The van der Waals surface area contributed by atoms with Gasteiger partial charge in [-0.15, -0.1) is 0 Å². The Morgan fingerprint density at radius 2 is 1.92 bits per heavy atom. The number of ether oxygens (including phenoxy) is 1. The van der Waals surface area contributed by atoms with Crippen molar-refractivity contribution >= 4 is 5.91 Å². The van der Waals surface area contributed by atoms with Crippen molar-refractivity contribution in [2.24, 2.45) is 5.92 Å². The molecular formula is C19H32FN3O2+2. The summed E-state index contributed by atoms with van der Waals surface area (Å²) in [7, 11) is 1.62. The molecule has 25 heavy (non-hydrogen) atoms. The first-order valence-corrected chi connectivity index (χ1v) is 9.24. The molecule has 6 heteroatoms. The fraction of sp³-hybridized carbons (Fsp3) is 0.632. The Bertz CT molecular complexity index is 558. The van der Waals surface area contributed by atoms with Crippen LogP contribution in [0, 0.1) is 11.7 Å². The van der Waals surface area contributed by atoms with Crippen molar-refractivity contribution in [1.29, 1.82) is 0 Å². The van der Waals surface area contributed by atoms with Gasteiger partial charge in [-0.2, -0.15) is 0 Å². The van der Waals surface area contributed by atoms with Crippen LogP contribution in [-0.4, -0.2) is 52.3 Å². The summed E-state index contributed by atoms with van der Waals surface area (Å²) in [6, 6.07) is 4.68. The second-order valence-corrected chi connectivity index (χ2v) is 7.34. The van der Waals surface area contributed by atoms with Crippen LogP contribution in [0.3, 0.4) is 0 Å². The van der Waals surface area contributed by atoms with Gasteiger partial charge in [-0.25, -0.2) is 4.39 Å². The number of carbonyl (C=O) groups excluding carboxylic acids is 1. The van der Waals surface area contributed by atoms with Crippen LogP contribution in [0.2, 0.25) is 0 Å². The van der Waals surface area contributed by atoms with E-state index in [4.69, 9.17) is 4.74 Å². The molecule has 1 aliphatic rings. The minimum Gasteiger partial charge on any atom is -0.496 e. The van der Waals surface area contributed by atoms with Crippen LogP contribution in [0.5, 0.6) is 5.75 Å². The summed E-state index contributed by atoms with van der Waals surface area (Å²) in [6.07, 6.45) is 1.02. The largest absolute Gasteiger partial charge is 0.496 e. The number of amides is 1. The van der Waals surface area contributed by atoms with E-state index in [1.807, 2.05) is 0 Å². The lowest BCUT2D eigenvalue weighted by atomic mass is 10.1. The molecule has 3 N–H and O–H groups in total. The molecule has 5 nitrogen and oxygen atoms in total. The molecule has 1 amide bonds. The number of quaternary nitrogens is 2. The van der Waals surface area contributed by atoms with Gasteiger partial charge in [0.15, 0.2) is 6.54 Å². The maximum Gasteiger partial charge on any atom is 0.275 e. The maximum absolute atomic E-state index is 13.5. The lowest BCUT2D eigenvalue weighted by Crippen LogP contribution is -3.28. The van der Waals surface area contributed by atoms with E-state index in [0.717, 1.165) is 57.0 Å². The average Bonchev–Trinajstić information content (AvgIpc) is 2.56. The molecule has 1 aromatic carbocycles. The molecule has 0 bridgehead atoms. The van der Waals surface area contributed by atoms with Crippen LogP contribution >= 0.6 is 0 Å². The summed E-state index contributed by atoms with van der Waals surface area (Å²) < 4.78 is 18.8. The fourth-order valence-corrected chi connectivity index (χ4v) is 3.26. The van der Waals surface area contributed by atoms with Crippen molar-refractivity contribution in [3.05, 3.63) is 29.6 Å². The van der Waals surface area contributed by atoms with Crippen LogP contribution in [0.4, 0.5) is 4.39 Å². The molecule has 0 saturated carbocycles. The van der Waals surface area contributed by atoms with Crippen molar-refractivity contribution in [3.8, 4) is 5.75 Å². The number of benzene rings is 1. The molecule has 1 saturated heterocycles. The number of methoxy groups -OCH3 is 1. The number of hydrogen-bond acceptors (Lipinski definition) is 2. The number of rotatable bonds is 8. The van der Waals surface area contributed by atoms with Crippen molar-refractivity contribution < 1.29 is 23.7 Å². The molecule has 140 valence electrons. The minimum absolute atomic E-state index is 0.144. The normalized spacial score (nSPS) is 20.5. The molecule has 0 aliphatic carbocycles. The van der Waals surface area contributed by atoms with Gasteiger partial charge in [0, 0.05) is 6.54 Å². The Balaban J connectivity index is 1.74. The highest BCUT2D eigenvalue weighted by Crippen LogP contribution is 2.18. The van der Waals surface area contributed by atoms with Gasteiger partial charge >= 0.3 is 0 Å². The summed E-state index contributed by atoms with van der Waals surface area (Å²) >= 11 is 0. The summed E-state index contributed by atoms with van der Waals surface area (Å²) in [5.41, 5.74) is 0.910. The fourth-order valence-electron chi connectivity index (χ4n) is 3.26. The molecule has 0 spiro atoms. The van der Waals surface area contributed by atoms with E-state index >= 15 is 0 Å². The van der Waals surface area contributed by atoms with E-state index in [-0.39, 0.29) is 11.7 Å². The number of hydrogen-bond donors (Lipinski definition) is 3. The third-order valence-corrected chi connectivity index (χ3v) is 4.80. The predicted octanol–water partition coefficient (Wildman–Crippen LogP) is -0.720. The molecular weight excluding hydrogens is 321 g/mol. The minimum atomic E-state index is -0.225. The van der Waals surface area contributed by atoms with Gasteiger partial charge in [-0.1, -0.05) is 13.8 Å². The smallest absolute Gasteiger partial charge is 0.275 e. The third kappa shape index (κ3) is 6.63. The Labute approximate surface area is 150 Å². The Morgan fingerprint density at radius 3 is 2.56 bits per heavy atom. The number of piperazine rings is 1. The Hall–Kier alpha value is -1.66. The van der Waals surface area contributed by atoms with Gasteiger partial charge in [0.2, 0.25) is 0 Å². The van der Waals surface area contributed by atoms with Gasteiger partial charge < -0.3 is 19.9 Å². The zero-order chi connectivity index (χ0) is 18.2. The van der Waals surface area contributed by atoms with E-state index in [9.17, 15) is 9.18 Å². The van der Waals surface area contributed by atoms with E-state index in [2.05, 4.69) is 19.2 Å². The molecule has 1 heterocycles. The van der Waals surface area contributed by atoms with Gasteiger partial charge in [0.25, 0.3) is 5.91 Å². The van der Waals surface area contributed by atoms with Crippen LogP contribution in [0.1, 0.15) is 25.8 Å². The van der Waals surface area contributed by atoms with Crippen molar-refractivity contribution in [2.45, 2.75) is 26.8 Å². The lowest BCUT2D eigenvalue weighted by Gasteiger charge is -2.29. The van der Waals surface area contributed by atoms with Crippen molar-refractivity contribution in [1.82, 2.24) is 5.32 Å². The van der Waals surface area contributed by atoms with Crippen LogP contribution < -0.4 is 19.9 Å². The monoisotopic (exact) mass is 353 g/mol. The van der Waals surface area contributed by atoms with E-state index < -0.39 is 0 Å². The molecule has 1 fully saturated rings. The SMILES string of the molecule is COc1ccc(F)cc1C[NH+]1CC[NH+](CC(=O)NCCC(C)C)CC1. The topological polar surface area (TPSA) is 47.2 Å². The molecule has 2 rings (SSSR count). The lowest BCUT2D eigenvalue weighted by molar-refractivity contribution is -1.02. The van der Waals surface area contributed by atoms with Crippen LogP contribution in [-0.2, 0) is 11.3 Å². The highest BCUT2D eigenvalue weighted by atomic mass is 19.1. The van der Waals surface area contributed by atoms with Gasteiger partial charge in [0.1, 0.15) is 44.3 Å². The molecule has 0 atom stereocenters. The number of carbonyl (C=O) groups is 1. The summed E-state index contributed by atoms with van der Waals surface area (Å²) in [5.74, 6) is 1.27. The quantitative estimate of drug-likeness (QED) is 0.578. The molecule has 1 aliphatic heterocycles. The zero-order valence-corrected chi connectivity index (χ0v) is 15.7. The van der Waals surface area contributed by atoms with E-state index in [1.165, 1.54) is 15.9 Å². The van der Waals surface area contributed by atoms with Gasteiger partial charge in [-0.3, -0.25) is 4.79 Å². The first kappa shape index (κ1) is 19.7. The van der Waals surface area contributed by atoms with E-state index in [1.54, 1.807) is 19.2 Å². The standard InChI is InChI=1S/C19H30FN3O2/c1-15(2)6-7-21-19(24)14-23-10-8-22(9-11-23)13-16-12-17(20)4-5-18(16)25-3/h4-5,12,15H,6-11,13-14H2,1-3H3,(H,21,24)/p+2. The van der Waals surface area contributed by atoms with E-state index in [0.29, 0.717) is 12.5 Å². The second-order valence-electron chi connectivity index (χ2n) is 7.34. The Morgan fingerprint density at radius 1 is 1.24 bits per heavy atom. The highest BCUT2D eigenvalue weighted by molar-refractivity contribution is 5.76. The molecule has 0 unspecified atom stereocenters. The molecule has 0 aromatic heterocycles. The Kier molecular flexibility index (Phi) is 7.65. The second kappa shape index (κ2) is 9.73. The predicted molar refractivity (Wildman–Crippen MR) is 95.4 cm³/mol. The molecule has 0 radical (unpaired) electrons. The summed E-state index contributed by atoms with van der Waals surface area (Å²) in [4.78, 5) is 14.7. The third-order valence-electron chi connectivity index (χ3n) is 4.80. The van der Waals surface area contributed by atoms with Crippen molar-refractivity contribution in [3.63, 3.8) is 0 Å². The highest BCUT2D eigenvalue weighted by Gasteiger charge is 2.25. The van der Waals surface area contributed by atoms with Crippen LogP contribution in [0.25, 0.3) is 0 Å². The van der Waals surface area contributed by atoms with Gasteiger partial charge in [0.05, 0.1) is 12.7 Å². The summed E-state index contributed by atoms with van der Waals surface area (Å²) in [5, 5.41) is 3.01.